The lowest BCUT2D eigenvalue weighted by molar-refractivity contribution is 0.0862. The molecule has 2 rings (SSSR count). The van der Waals surface area contributed by atoms with Crippen molar-refractivity contribution in [3.05, 3.63) is 28.2 Å². The van der Waals surface area contributed by atoms with E-state index >= 15 is 0 Å². The predicted molar refractivity (Wildman–Crippen MR) is 82.0 cm³/mol. The smallest absolute Gasteiger partial charge is 0.124 e. The molecule has 0 amide bonds. The summed E-state index contributed by atoms with van der Waals surface area (Å²) in [7, 11) is 0. The molecule has 1 aromatic rings. The third-order valence-electron chi connectivity index (χ3n) is 3.61. The quantitative estimate of drug-likeness (QED) is 0.702. The summed E-state index contributed by atoms with van der Waals surface area (Å²) in [6, 6.07) is 6.03. The molecule has 2 nitrogen and oxygen atoms in total. The van der Waals surface area contributed by atoms with Crippen molar-refractivity contribution in [1.29, 1.82) is 0 Å². The fraction of sp³-hybridized carbons (Fsp3) is 0.600. The van der Waals surface area contributed by atoms with E-state index in [0.717, 1.165) is 35.2 Å². The summed E-state index contributed by atoms with van der Waals surface area (Å²) in [5.74, 6) is 1.24. The van der Waals surface area contributed by atoms with Crippen molar-refractivity contribution >= 4 is 27.5 Å². The highest BCUT2D eigenvalue weighted by molar-refractivity contribution is 9.10. The summed E-state index contributed by atoms with van der Waals surface area (Å²) < 4.78 is 12.5. The Morgan fingerprint density at radius 3 is 2.95 bits per heavy atom. The summed E-state index contributed by atoms with van der Waals surface area (Å²) >= 11 is 10.2. The van der Waals surface area contributed by atoms with Crippen molar-refractivity contribution in [2.75, 3.05) is 13.2 Å². The highest BCUT2D eigenvalue weighted by Gasteiger charge is 2.34. The normalized spacial score (nSPS) is 24.4. The molecule has 106 valence electrons. The van der Waals surface area contributed by atoms with Crippen LogP contribution in [-0.4, -0.2) is 19.3 Å². The zero-order chi connectivity index (χ0) is 13.8. The van der Waals surface area contributed by atoms with Crippen molar-refractivity contribution < 1.29 is 9.47 Å². The standard InChI is InChI=1S/C15H20BrClO2/c1-3-13-11(7-8-19-13)15(17)12-9-10(16)5-6-14(12)18-4-2/h5-6,9,11,13,15H,3-4,7-8H2,1-2H3. The van der Waals surface area contributed by atoms with Gasteiger partial charge in [-0.15, -0.1) is 11.6 Å². The van der Waals surface area contributed by atoms with E-state index in [0.29, 0.717) is 12.5 Å². The molecule has 1 aliphatic heterocycles. The molecule has 1 aliphatic rings. The van der Waals surface area contributed by atoms with Gasteiger partial charge in [-0.1, -0.05) is 22.9 Å². The van der Waals surface area contributed by atoms with Gasteiger partial charge >= 0.3 is 0 Å². The van der Waals surface area contributed by atoms with Gasteiger partial charge in [-0.3, -0.25) is 0 Å². The Morgan fingerprint density at radius 2 is 2.26 bits per heavy atom. The van der Waals surface area contributed by atoms with E-state index in [1.807, 2.05) is 19.1 Å². The lowest BCUT2D eigenvalue weighted by Gasteiger charge is -2.24. The van der Waals surface area contributed by atoms with Crippen LogP contribution in [0.4, 0.5) is 0 Å². The van der Waals surface area contributed by atoms with Crippen molar-refractivity contribution in [1.82, 2.24) is 0 Å². The van der Waals surface area contributed by atoms with Gasteiger partial charge in [0, 0.05) is 22.6 Å². The molecule has 19 heavy (non-hydrogen) atoms. The van der Waals surface area contributed by atoms with Crippen molar-refractivity contribution in [3.63, 3.8) is 0 Å². The molecule has 1 fully saturated rings. The monoisotopic (exact) mass is 346 g/mol. The summed E-state index contributed by atoms with van der Waals surface area (Å²) in [5.41, 5.74) is 1.06. The Bertz CT molecular complexity index is 425. The van der Waals surface area contributed by atoms with Gasteiger partial charge in [-0.05, 0) is 38.0 Å². The van der Waals surface area contributed by atoms with E-state index in [-0.39, 0.29) is 11.5 Å². The molecule has 0 bridgehead atoms. The van der Waals surface area contributed by atoms with Gasteiger partial charge in [-0.25, -0.2) is 0 Å². The van der Waals surface area contributed by atoms with E-state index in [4.69, 9.17) is 21.1 Å². The molecule has 0 N–H and O–H groups in total. The zero-order valence-electron chi connectivity index (χ0n) is 11.4. The minimum absolute atomic E-state index is 0.0634. The summed E-state index contributed by atoms with van der Waals surface area (Å²) in [6.07, 6.45) is 2.28. The minimum Gasteiger partial charge on any atom is -0.494 e. The molecule has 1 saturated heterocycles. The van der Waals surface area contributed by atoms with Crippen LogP contribution in [0.3, 0.4) is 0 Å². The Kier molecular flexibility index (Phi) is 5.55. The summed E-state index contributed by atoms with van der Waals surface area (Å²) in [5, 5.41) is -0.0634. The second kappa shape index (κ2) is 6.96. The Morgan fingerprint density at radius 1 is 1.47 bits per heavy atom. The fourth-order valence-corrected chi connectivity index (χ4v) is 3.51. The highest BCUT2D eigenvalue weighted by Crippen LogP contribution is 2.43. The minimum atomic E-state index is -0.0634. The number of hydrogen-bond donors (Lipinski definition) is 0. The van der Waals surface area contributed by atoms with Crippen LogP contribution in [0.25, 0.3) is 0 Å². The topological polar surface area (TPSA) is 18.5 Å². The maximum atomic E-state index is 6.72. The Labute approximate surface area is 128 Å². The third kappa shape index (κ3) is 3.45. The van der Waals surface area contributed by atoms with Crippen LogP contribution in [-0.2, 0) is 4.74 Å². The highest BCUT2D eigenvalue weighted by atomic mass is 79.9. The number of benzene rings is 1. The van der Waals surface area contributed by atoms with Gasteiger partial charge in [-0.2, -0.15) is 0 Å². The van der Waals surface area contributed by atoms with Crippen LogP contribution in [0.5, 0.6) is 5.75 Å². The Balaban J connectivity index is 2.26. The van der Waals surface area contributed by atoms with Gasteiger partial charge in [0.05, 0.1) is 18.1 Å². The molecule has 4 heteroatoms. The SMILES string of the molecule is CCOc1ccc(Br)cc1C(Cl)C1CCOC1CC. The van der Waals surface area contributed by atoms with E-state index in [1.54, 1.807) is 0 Å². The van der Waals surface area contributed by atoms with Crippen LogP contribution >= 0.6 is 27.5 Å². The van der Waals surface area contributed by atoms with Gasteiger partial charge in [0.2, 0.25) is 0 Å². The van der Waals surface area contributed by atoms with Gasteiger partial charge < -0.3 is 9.47 Å². The molecule has 0 spiro atoms. The van der Waals surface area contributed by atoms with E-state index in [1.165, 1.54) is 0 Å². The average Bonchev–Trinajstić information content (AvgIpc) is 2.88. The summed E-state index contributed by atoms with van der Waals surface area (Å²) in [4.78, 5) is 0. The molecule has 3 unspecified atom stereocenters. The van der Waals surface area contributed by atoms with Gasteiger partial charge in [0.1, 0.15) is 5.75 Å². The maximum absolute atomic E-state index is 6.72. The van der Waals surface area contributed by atoms with Crippen molar-refractivity contribution in [3.8, 4) is 5.75 Å². The molecule has 0 aliphatic carbocycles. The predicted octanol–water partition coefficient (Wildman–Crippen LogP) is 4.94. The first-order valence-electron chi connectivity index (χ1n) is 6.85. The molecule has 1 heterocycles. The zero-order valence-corrected chi connectivity index (χ0v) is 13.7. The fourth-order valence-electron chi connectivity index (χ4n) is 2.67. The lowest BCUT2D eigenvalue weighted by atomic mass is 9.91. The second-order valence-corrected chi connectivity index (χ2v) is 6.17. The van der Waals surface area contributed by atoms with Crippen LogP contribution in [0.15, 0.2) is 22.7 Å². The molecule has 0 radical (unpaired) electrons. The lowest BCUT2D eigenvalue weighted by Crippen LogP contribution is -2.19. The van der Waals surface area contributed by atoms with E-state index < -0.39 is 0 Å². The first kappa shape index (κ1) is 15.1. The number of halogens is 2. The van der Waals surface area contributed by atoms with Crippen LogP contribution in [0.1, 0.15) is 37.6 Å². The van der Waals surface area contributed by atoms with E-state index in [9.17, 15) is 0 Å². The van der Waals surface area contributed by atoms with Crippen LogP contribution in [0.2, 0.25) is 0 Å². The number of alkyl halides is 1. The molecule has 1 aromatic carbocycles. The molecule has 0 aromatic heterocycles. The van der Waals surface area contributed by atoms with Crippen LogP contribution in [0, 0.1) is 5.92 Å². The molecule has 0 saturated carbocycles. The van der Waals surface area contributed by atoms with Crippen molar-refractivity contribution in [2.45, 2.75) is 38.2 Å². The maximum Gasteiger partial charge on any atom is 0.124 e. The number of ether oxygens (including phenoxy) is 2. The second-order valence-electron chi connectivity index (χ2n) is 4.79. The first-order chi connectivity index (χ1) is 9.17. The molecular formula is C15H20BrClO2. The Hall–Kier alpha value is -0.250. The molecular weight excluding hydrogens is 328 g/mol. The van der Waals surface area contributed by atoms with Gasteiger partial charge in [0.25, 0.3) is 0 Å². The third-order valence-corrected chi connectivity index (χ3v) is 4.66. The molecule has 3 atom stereocenters. The first-order valence-corrected chi connectivity index (χ1v) is 8.08. The largest absolute Gasteiger partial charge is 0.494 e. The number of hydrogen-bond acceptors (Lipinski definition) is 2. The average molecular weight is 348 g/mol. The van der Waals surface area contributed by atoms with Crippen LogP contribution < -0.4 is 4.74 Å². The van der Waals surface area contributed by atoms with E-state index in [2.05, 4.69) is 28.9 Å². The van der Waals surface area contributed by atoms with Gasteiger partial charge in [0.15, 0.2) is 0 Å². The van der Waals surface area contributed by atoms with Crippen molar-refractivity contribution in [2.24, 2.45) is 5.92 Å². The summed E-state index contributed by atoms with van der Waals surface area (Å²) in [6.45, 7) is 5.60. The number of rotatable bonds is 5.